The summed E-state index contributed by atoms with van der Waals surface area (Å²) in [5.41, 5.74) is 3.83. The van der Waals surface area contributed by atoms with Crippen molar-refractivity contribution >= 4 is 59.5 Å². The molecule has 3 aromatic rings. The standard InChI is InChI=1S/C28H26N4O6.2C2H4O2.2Zn/c33-25(34)13-15-29-27(37)21-5-9-23(10-6-21)31-17-19-1-2-20(4-3-19)18-32-24-11-7-22(8-12-24)28(38)30-16-14-26(35)36;2*1-2(3)4;;/h1-12,17-18H,13-16H2,(H,29,37)(H,30,38)(H,33,34)(H,35,36);2*1H3,(H,3,4);;/q;;;2*+2/p-4. The number of nitrogens with zero attached hydrogens (tertiary/aromatic N) is 2. The Morgan fingerprint density at radius 3 is 1.06 bits per heavy atom. The van der Waals surface area contributed by atoms with Crippen molar-refractivity contribution in [3.63, 3.8) is 0 Å². The summed E-state index contributed by atoms with van der Waals surface area (Å²) in [6.45, 7) is 1.95. The molecule has 0 radical (unpaired) electrons. The summed E-state index contributed by atoms with van der Waals surface area (Å²) < 4.78 is 0. The smallest absolute Gasteiger partial charge is 0.550 e. The maximum absolute atomic E-state index is 12.0. The van der Waals surface area contributed by atoms with E-state index in [1.807, 2.05) is 24.3 Å². The van der Waals surface area contributed by atoms with Gasteiger partial charge >= 0.3 is 39.0 Å². The predicted molar refractivity (Wildman–Crippen MR) is 159 cm³/mol. The number of carbonyl (C=O) groups excluding carboxylic acids is 6. The number of nitrogens with one attached hydrogen (secondary N) is 2. The fourth-order valence-electron chi connectivity index (χ4n) is 3.12. The second-order valence-electron chi connectivity index (χ2n) is 9.02. The number of carbonyl (C=O) groups is 6. The van der Waals surface area contributed by atoms with Gasteiger partial charge in [0.05, 0.1) is 11.4 Å². The molecule has 0 unspecified atom stereocenters. The van der Waals surface area contributed by atoms with Crippen LogP contribution in [-0.2, 0) is 58.1 Å². The van der Waals surface area contributed by atoms with Gasteiger partial charge in [-0.1, -0.05) is 24.3 Å². The monoisotopic (exact) mass is 758 g/mol. The maximum atomic E-state index is 12.0. The summed E-state index contributed by atoms with van der Waals surface area (Å²) in [6, 6.07) is 20.7. The van der Waals surface area contributed by atoms with E-state index in [9.17, 15) is 29.4 Å². The van der Waals surface area contributed by atoms with Gasteiger partial charge in [-0.05, 0) is 73.5 Å². The number of carboxylic acid groups (broad SMARTS) is 4. The summed E-state index contributed by atoms with van der Waals surface area (Å²) in [4.78, 5) is 71.4. The van der Waals surface area contributed by atoms with Crippen LogP contribution in [0.4, 0.5) is 11.4 Å². The van der Waals surface area contributed by atoms with Crippen LogP contribution >= 0.6 is 0 Å². The fraction of sp³-hybridized carbons (Fsp3) is 0.188. The van der Waals surface area contributed by atoms with Crippen LogP contribution in [0.15, 0.2) is 82.8 Å². The predicted octanol–water partition coefficient (Wildman–Crippen LogP) is -1.57. The first-order valence-electron chi connectivity index (χ1n) is 13.5. The van der Waals surface area contributed by atoms with Crippen LogP contribution in [0.3, 0.4) is 0 Å². The Kier molecular flexibility index (Phi) is 23.7. The van der Waals surface area contributed by atoms with E-state index in [1.165, 1.54) is 0 Å². The first-order valence-corrected chi connectivity index (χ1v) is 13.5. The first kappa shape index (κ1) is 45.2. The zero-order valence-electron chi connectivity index (χ0n) is 26.3. The first-order chi connectivity index (χ1) is 21.8. The van der Waals surface area contributed by atoms with E-state index in [0.717, 1.165) is 25.0 Å². The molecule has 0 saturated heterocycles. The molecule has 2 amide bonds. The van der Waals surface area contributed by atoms with E-state index in [-0.39, 0.29) is 76.7 Å². The quantitative estimate of drug-likeness (QED) is 0.159. The number of benzene rings is 3. The van der Waals surface area contributed by atoms with Gasteiger partial charge in [0.15, 0.2) is 0 Å². The van der Waals surface area contributed by atoms with Crippen LogP contribution in [0.2, 0.25) is 0 Å². The molecular formula is C32H30N4O10Zn2. The number of amides is 2. The fourth-order valence-corrected chi connectivity index (χ4v) is 3.12. The molecule has 0 aliphatic carbocycles. The van der Waals surface area contributed by atoms with Gasteiger partial charge in [-0.15, -0.1) is 0 Å². The SMILES string of the molecule is CC(=O)[O-].CC(=O)[O-].O=C([O-])CCNC(=O)c1ccc(N=Cc2ccc(C=Nc3ccc(C(=O)NCCC(=O)[O-])cc3)cc2)cc1.[Zn+2].[Zn+2]. The van der Waals surface area contributed by atoms with Gasteiger partial charge in [0.1, 0.15) is 0 Å². The van der Waals surface area contributed by atoms with Crippen molar-refractivity contribution in [3.8, 4) is 0 Å². The zero-order valence-corrected chi connectivity index (χ0v) is 32.2. The molecule has 0 fully saturated rings. The van der Waals surface area contributed by atoms with Crippen molar-refractivity contribution in [2.24, 2.45) is 9.98 Å². The van der Waals surface area contributed by atoms with Crippen LogP contribution in [0.1, 0.15) is 58.5 Å². The van der Waals surface area contributed by atoms with E-state index in [1.54, 1.807) is 61.0 Å². The largest absolute Gasteiger partial charge is 2.00 e. The molecular weight excluding hydrogens is 731 g/mol. The normalized spacial score (nSPS) is 9.71. The van der Waals surface area contributed by atoms with Gasteiger partial charge in [0.25, 0.3) is 11.8 Å². The second kappa shape index (κ2) is 25.2. The number of rotatable bonds is 12. The van der Waals surface area contributed by atoms with E-state index < -0.39 is 23.9 Å². The molecule has 0 aliphatic rings. The summed E-state index contributed by atoms with van der Waals surface area (Å²) in [6.07, 6.45) is 2.88. The molecule has 0 aliphatic heterocycles. The van der Waals surface area contributed by atoms with Gasteiger partial charge < -0.3 is 50.2 Å². The van der Waals surface area contributed by atoms with Gasteiger partial charge in [-0.3, -0.25) is 19.6 Å². The molecule has 0 aromatic heterocycles. The topological polar surface area (TPSA) is 243 Å². The maximum Gasteiger partial charge on any atom is 2.00 e. The van der Waals surface area contributed by atoms with Gasteiger partial charge in [-0.25, -0.2) is 0 Å². The minimum absolute atomic E-state index is 0. The molecule has 48 heavy (non-hydrogen) atoms. The molecule has 242 valence electrons. The molecule has 0 spiro atoms. The minimum atomic E-state index is -1.22. The Labute approximate surface area is 301 Å². The molecule has 0 saturated carbocycles. The Bertz CT molecular complexity index is 1420. The summed E-state index contributed by atoms with van der Waals surface area (Å²) in [7, 11) is 0. The van der Waals surface area contributed by atoms with Gasteiger partial charge in [-0.2, -0.15) is 0 Å². The van der Waals surface area contributed by atoms with Crippen molar-refractivity contribution in [2.75, 3.05) is 13.1 Å². The van der Waals surface area contributed by atoms with E-state index in [4.69, 9.17) is 19.8 Å². The van der Waals surface area contributed by atoms with Crippen LogP contribution in [0, 0.1) is 0 Å². The molecule has 0 bridgehead atoms. The number of aliphatic carboxylic acids is 4. The third-order valence-electron chi connectivity index (χ3n) is 5.15. The second-order valence-corrected chi connectivity index (χ2v) is 9.02. The zero-order chi connectivity index (χ0) is 34.5. The van der Waals surface area contributed by atoms with Crippen molar-refractivity contribution in [1.82, 2.24) is 10.6 Å². The van der Waals surface area contributed by atoms with Crippen molar-refractivity contribution in [2.45, 2.75) is 26.7 Å². The molecule has 2 N–H and O–H groups in total. The number of hydrogen-bond acceptors (Lipinski definition) is 12. The van der Waals surface area contributed by atoms with Crippen LogP contribution in [-0.4, -0.2) is 61.2 Å². The molecule has 3 aromatic carbocycles. The average Bonchev–Trinajstić information content (AvgIpc) is 2.99. The van der Waals surface area contributed by atoms with Crippen molar-refractivity contribution < 1.29 is 88.1 Å². The Morgan fingerprint density at radius 2 is 0.812 bits per heavy atom. The average molecular weight is 761 g/mol. The third-order valence-corrected chi connectivity index (χ3v) is 5.15. The van der Waals surface area contributed by atoms with Crippen molar-refractivity contribution in [1.29, 1.82) is 0 Å². The number of hydrogen-bond donors (Lipinski definition) is 2. The minimum Gasteiger partial charge on any atom is -0.550 e. The van der Waals surface area contributed by atoms with Gasteiger partial charge in [0, 0.05) is 73.4 Å². The van der Waals surface area contributed by atoms with E-state index in [0.29, 0.717) is 22.5 Å². The van der Waals surface area contributed by atoms with E-state index >= 15 is 0 Å². The van der Waals surface area contributed by atoms with E-state index in [2.05, 4.69) is 20.6 Å². The molecule has 0 heterocycles. The Hall–Kier alpha value is -4.93. The summed E-state index contributed by atoms with van der Waals surface area (Å²) in [5.74, 6) is -5.35. The Balaban J connectivity index is 0. The number of carboxylic acids is 4. The summed E-state index contributed by atoms with van der Waals surface area (Å²) >= 11 is 0. The van der Waals surface area contributed by atoms with Crippen molar-refractivity contribution in [3.05, 3.63) is 95.1 Å². The summed E-state index contributed by atoms with van der Waals surface area (Å²) in [5, 5.41) is 43.6. The molecule has 3 rings (SSSR count). The van der Waals surface area contributed by atoms with Crippen LogP contribution < -0.4 is 31.1 Å². The number of aliphatic imine (C=N–C) groups is 2. The van der Waals surface area contributed by atoms with Crippen LogP contribution in [0.5, 0.6) is 0 Å². The van der Waals surface area contributed by atoms with Crippen LogP contribution in [0.25, 0.3) is 0 Å². The molecule has 16 heteroatoms. The molecule has 14 nitrogen and oxygen atoms in total. The Morgan fingerprint density at radius 1 is 0.542 bits per heavy atom. The van der Waals surface area contributed by atoms with Gasteiger partial charge in [0.2, 0.25) is 0 Å². The molecule has 0 atom stereocenters. The third kappa shape index (κ3) is 21.7.